The number of oxazole rings is 1. The highest BCUT2D eigenvalue weighted by Crippen LogP contribution is 2.12. The van der Waals surface area contributed by atoms with E-state index in [9.17, 15) is 4.79 Å². The fraction of sp³-hybridized carbons (Fsp3) is 0.636. The molecule has 0 bridgehead atoms. The summed E-state index contributed by atoms with van der Waals surface area (Å²) in [7, 11) is 0. The van der Waals surface area contributed by atoms with Gasteiger partial charge in [-0.2, -0.15) is 0 Å². The van der Waals surface area contributed by atoms with Crippen molar-refractivity contribution < 1.29 is 19.1 Å². The molecule has 1 heterocycles. The van der Waals surface area contributed by atoms with Crippen LogP contribution in [0.5, 0.6) is 0 Å². The fourth-order valence-corrected chi connectivity index (χ4v) is 1.32. The lowest BCUT2D eigenvalue weighted by Crippen LogP contribution is -1.99. The highest BCUT2D eigenvalue weighted by molar-refractivity contribution is 5.85. The highest BCUT2D eigenvalue weighted by atomic mass is 16.5. The molecule has 0 aromatic carbocycles. The number of aromatic nitrogens is 1. The van der Waals surface area contributed by atoms with Crippen molar-refractivity contribution in [1.82, 2.24) is 4.98 Å². The van der Waals surface area contributed by atoms with E-state index in [2.05, 4.69) is 4.98 Å². The first-order valence-corrected chi connectivity index (χ1v) is 5.48. The van der Waals surface area contributed by atoms with Crippen molar-refractivity contribution in [2.45, 2.75) is 33.1 Å². The smallest absolute Gasteiger partial charge is 0.373 e. The molecule has 0 saturated heterocycles. The Morgan fingerprint density at radius 2 is 2.19 bits per heavy atom. The first kappa shape index (κ1) is 12.7. The number of rotatable bonds is 7. The Bertz CT molecular complexity index is 346. The van der Waals surface area contributed by atoms with Crippen LogP contribution < -0.4 is 0 Å². The third-order valence-electron chi connectivity index (χ3n) is 2.08. The molecule has 1 aromatic heterocycles. The summed E-state index contributed by atoms with van der Waals surface area (Å²) in [5.74, 6) is -0.677. The van der Waals surface area contributed by atoms with E-state index < -0.39 is 5.97 Å². The number of aryl methyl sites for hydroxylation is 1. The SMILES string of the molecule is CCCOCCc1nc(CC)c(C(=O)O)o1. The van der Waals surface area contributed by atoms with E-state index in [1.165, 1.54) is 0 Å². The monoisotopic (exact) mass is 227 g/mol. The van der Waals surface area contributed by atoms with Gasteiger partial charge in [0.05, 0.1) is 12.3 Å². The van der Waals surface area contributed by atoms with Crippen molar-refractivity contribution in [2.24, 2.45) is 0 Å². The molecule has 0 atom stereocenters. The number of carboxylic acid groups (broad SMARTS) is 1. The van der Waals surface area contributed by atoms with Crippen LogP contribution in [0.4, 0.5) is 0 Å². The molecule has 0 fully saturated rings. The minimum Gasteiger partial charge on any atom is -0.475 e. The maximum Gasteiger partial charge on any atom is 0.373 e. The Balaban J connectivity index is 2.57. The predicted molar refractivity (Wildman–Crippen MR) is 57.7 cm³/mol. The number of carboxylic acids is 1. The first-order valence-electron chi connectivity index (χ1n) is 5.48. The van der Waals surface area contributed by atoms with Gasteiger partial charge in [-0.05, 0) is 12.8 Å². The van der Waals surface area contributed by atoms with Gasteiger partial charge in [-0.3, -0.25) is 0 Å². The Morgan fingerprint density at radius 1 is 1.44 bits per heavy atom. The van der Waals surface area contributed by atoms with E-state index in [-0.39, 0.29) is 5.76 Å². The van der Waals surface area contributed by atoms with Gasteiger partial charge in [0.15, 0.2) is 5.89 Å². The molecule has 5 heteroatoms. The van der Waals surface area contributed by atoms with Crippen LogP contribution in [-0.4, -0.2) is 29.3 Å². The maximum atomic E-state index is 10.8. The Morgan fingerprint density at radius 3 is 2.69 bits per heavy atom. The van der Waals surface area contributed by atoms with Crippen LogP contribution in [0.25, 0.3) is 0 Å². The van der Waals surface area contributed by atoms with Crippen LogP contribution >= 0.6 is 0 Å². The fourth-order valence-electron chi connectivity index (χ4n) is 1.32. The predicted octanol–water partition coefficient (Wildman–Crippen LogP) is 1.90. The highest BCUT2D eigenvalue weighted by Gasteiger charge is 2.17. The average molecular weight is 227 g/mol. The van der Waals surface area contributed by atoms with Crippen molar-refractivity contribution in [3.63, 3.8) is 0 Å². The molecule has 5 nitrogen and oxygen atoms in total. The summed E-state index contributed by atoms with van der Waals surface area (Å²) >= 11 is 0. The molecule has 0 unspecified atom stereocenters. The maximum absolute atomic E-state index is 10.8. The van der Waals surface area contributed by atoms with Gasteiger partial charge in [-0.1, -0.05) is 13.8 Å². The summed E-state index contributed by atoms with van der Waals surface area (Å²) in [5.41, 5.74) is 0.498. The van der Waals surface area contributed by atoms with E-state index in [0.29, 0.717) is 37.6 Å². The van der Waals surface area contributed by atoms with Crippen LogP contribution in [0.2, 0.25) is 0 Å². The molecule has 16 heavy (non-hydrogen) atoms. The van der Waals surface area contributed by atoms with Crippen LogP contribution in [-0.2, 0) is 17.6 Å². The summed E-state index contributed by atoms with van der Waals surface area (Å²) in [6.45, 7) is 5.09. The van der Waals surface area contributed by atoms with Crippen molar-refractivity contribution in [2.75, 3.05) is 13.2 Å². The van der Waals surface area contributed by atoms with Crippen molar-refractivity contribution >= 4 is 5.97 Å². The second-order valence-corrected chi connectivity index (χ2v) is 3.40. The zero-order valence-electron chi connectivity index (χ0n) is 9.65. The number of hydrogen-bond acceptors (Lipinski definition) is 4. The summed E-state index contributed by atoms with van der Waals surface area (Å²) in [6.07, 6.45) is 2.04. The normalized spacial score (nSPS) is 10.6. The summed E-state index contributed by atoms with van der Waals surface area (Å²) in [5, 5.41) is 8.85. The van der Waals surface area contributed by atoms with Crippen molar-refractivity contribution in [3.8, 4) is 0 Å². The summed E-state index contributed by atoms with van der Waals surface area (Å²) in [6, 6.07) is 0. The van der Waals surface area contributed by atoms with Crippen molar-refractivity contribution in [1.29, 1.82) is 0 Å². The van der Waals surface area contributed by atoms with Crippen LogP contribution in [0.1, 0.15) is 42.4 Å². The zero-order valence-corrected chi connectivity index (χ0v) is 9.65. The topological polar surface area (TPSA) is 72.6 Å². The van der Waals surface area contributed by atoms with E-state index in [0.717, 1.165) is 6.42 Å². The first-order chi connectivity index (χ1) is 7.69. The largest absolute Gasteiger partial charge is 0.475 e. The average Bonchev–Trinajstić information content (AvgIpc) is 2.68. The second-order valence-electron chi connectivity index (χ2n) is 3.40. The van der Waals surface area contributed by atoms with Gasteiger partial charge >= 0.3 is 5.97 Å². The summed E-state index contributed by atoms with van der Waals surface area (Å²) in [4.78, 5) is 14.9. The van der Waals surface area contributed by atoms with E-state index in [1.54, 1.807) is 0 Å². The Kier molecular flexibility index (Phi) is 4.98. The standard InChI is InChI=1S/C11H17NO4/c1-3-6-15-7-5-9-12-8(4-2)10(16-9)11(13)14/h3-7H2,1-2H3,(H,13,14). The molecule has 1 rings (SSSR count). The minimum absolute atomic E-state index is 0.0482. The van der Waals surface area contributed by atoms with Crippen LogP contribution in [0.15, 0.2) is 4.42 Å². The molecule has 0 radical (unpaired) electrons. The van der Waals surface area contributed by atoms with Gasteiger partial charge in [0.2, 0.25) is 5.76 Å². The molecular formula is C11H17NO4. The molecule has 1 aromatic rings. The van der Waals surface area contributed by atoms with Gasteiger partial charge in [0.25, 0.3) is 0 Å². The number of aromatic carboxylic acids is 1. The van der Waals surface area contributed by atoms with E-state index >= 15 is 0 Å². The quantitative estimate of drug-likeness (QED) is 0.720. The third-order valence-corrected chi connectivity index (χ3v) is 2.08. The zero-order chi connectivity index (χ0) is 12.0. The molecule has 0 amide bonds. The molecule has 0 saturated carbocycles. The van der Waals surface area contributed by atoms with E-state index in [4.69, 9.17) is 14.3 Å². The Labute approximate surface area is 94.4 Å². The van der Waals surface area contributed by atoms with Gasteiger partial charge in [0, 0.05) is 13.0 Å². The van der Waals surface area contributed by atoms with Gasteiger partial charge in [-0.15, -0.1) is 0 Å². The molecule has 90 valence electrons. The Hall–Kier alpha value is -1.36. The van der Waals surface area contributed by atoms with E-state index in [1.807, 2.05) is 13.8 Å². The third kappa shape index (κ3) is 3.34. The van der Waals surface area contributed by atoms with Crippen LogP contribution in [0.3, 0.4) is 0 Å². The number of hydrogen-bond donors (Lipinski definition) is 1. The second kappa shape index (κ2) is 6.27. The molecule has 0 aliphatic carbocycles. The van der Waals surface area contributed by atoms with Gasteiger partial charge in [-0.25, -0.2) is 9.78 Å². The lowest BCUT2D eigenvalue weighted by molar-refractivity contribution is 0.0656. The number of ether oxygens (including phenoxy) is 1. The van der Waals surface area contributed by atoms with Gasteiger partial charge < -0.3 is 14.3 Å². The van der Waals surface area contributed by atoms with Crippen molar-refractivity contribution in [3.05, 3.63) is 17.3 Å². The minimum atomic E-state index is -1.06. The van der Waals surface area contributed by atoms with Crippen LogP contribution in [0, 0.1) is 0 Å². The number of carbonyl (C=O) groups is 1. The lowest BCUT2D eigenvalue weighted by atomic mass is 10.3. The number of nitrogens with zero attached hydrogens (tertiary/aromatic N) is 1. The molecule has 1 N–H and O–H groups in total. The molecule has 0 spiro atoms. The molecule has 0 aliphatic rings. The van der Waals surface area contributed by atoms with Gasteiger partial charge in [0.1, 0.15) is 0 Å². The summed E-state index contributed by atoms with van der Waals surface area (Å²) < 4.78 is 10.4. The lowest BCUT2D eigenvalue weighted by Gasteiger charge is -1.98. The molecule has 0 aliphatic heterocycles. The molecular weight excluding hydrogens is 210 g/mol.